The highest BCUT2D eigenvalue weighted by atomic mass is 16.7. The second kappa shape index (κ2) is 11.3. The number of carbonyl (C=O) groups is 3. The van der Waals surface area contributed by atoms with Crippen molar-refractivity contribution < 1.29 is 49.0 Å². The van der Waals surface area contributed by atoms with Crippen LogP contribution in [0.3, 0.4) is 0 Å². The van der Waals surface area contributed by atoms with Crippen LogP contribution in [0.25, 0.3) is 0 Å². The maximum Gasteiger partial charge on any atom is 0.310 e. The van der Waals surface area contributed by atoms with Crippen molar-refractivity contribution >= 4 is 17.9 Å². The summed E-state index contributed by atoms with van der Waals surface area (Å²) in [5.74, 6) is -1.81. The molecular weight excluding hydrogens is 604 g/mol. The summed E-state index contributed by atoms with van der Waals surface area (Å²) in [6, 6.07) is 0. The summed E-state index contributed by atoms with van der Waals surface area (Å²) in [6.07, 6.45) is 4.56. The lowest BCUT2D eigenvalue weighted by Gasteiger charge is -2.71. The number of rotatable bonds is 5. The Morgan fingerprint density at radius 2 is 1.55 bits per heavy atom. The van der Waals surface area contributed by atoms with Gasteiger partial charge in [-0.2, -0.15) is 0 Å². The summed E-state index contributed by atoms with van der Waals surface area (Å²) in [7, 11) is 0. The van der Waals surface area contributed by atoms with E-state index < -0.39 is 53.3 Å². The van der Waals surface area contributed by atoms with Crippen LogP contribution in [-0.2, 0) is 28.6 Å². The molecule has 4 saturated carbocycles. The third-order valence-corrected chi connectivity index (χ3v) is 15.3. The van der Waals surface area contributed by atoms with E-state index in [-0.39, 0.29) is 40.3 Å². The standard InChI is InChI=1S/C37H56O10/c1-20(38)46-28-23(39)19-45-29(27(28)40)47-26-11-12-34(5)24(32(26,2)3)10-13-36(7)25(34)9-8-21-22-18-33(4,30(41)42)14-16-37(22,31(43)44)17-15-35(21,36)6/h8,22-29,39-40H,9-19H2,1-7H3,(H,41,42)(H,43,44). The largest absolute Gasteiger partial charge is 0.481 e. The van der Waals surface area contributed by atoms with E-state index in [9.17, 15) is 34.8 Å². The Morgan fingerprint density at radius 3 is 2.19 bits per heavy atom. The molecule has 0 amide bonds. The number of carboxylic acids is 2. The quantitative estimate of drug-likeness (QED) is 0.172. The Labute approximate surface area is 278 Å². The number of hydrogen-bond acceptors (Lipinski definition) is 8. The van der Waals surface area contributed by atoms with Crippen molar-refractivity contribution in [2.75, 3.05) is 6.61 Å². The fraction of sp³-hybridized carbons (Fsp3) is 0.865. The molecule has 4 N–H and O–H groups in total. The summed E-state index contributed by atoms with van der Waals surface area (Å²) in [5, 5.41) is 42.1. The maximum atomic E-state index is 13.0. The van der Waals surface area contributed by atoms with Gasteiger partial charge in [0.15, 0.2) is 12.4 Å². The summed E-state index contributed by atoms with van der Waals surface area (Å²) < 4.78 is 17.5. The van der Waals surface area contributed by atoms with Gasteiger partial charge in [0.1, 0.15) is 12.2 Å². The van der Waals surface area contributed by atoms with E-state index in [2.05, 4.69) is 40.7 Å². The van der Waals surface area contributed by atoms with Crippen LogP contribution in [0.15, 0.2) is 11.6 Å². The average Bonchev–Trinajstić information content (AvgIpc) is 2.98. The molecule has 0 spiro atoms. The number of hydrogen-bond donors (Lipinski definition) is 4. The van der Waals surface area contributed by atoms with Gasteiger partial charge in [0.25, 0.3) is 0 Å². The lowest BCUT2D eigenvalue weighted by molar-refractivity contribution is -0.309. The molecule has 1 heterocycles. The van der Waals surface area contributed by atoms with Crippen molar-refractivity contribution in [2.45, 2.75) is 143 Å². The Morgan fingerprint density at radius 1 is 0.872 bits per heavy atom. The molecule has 5 aliphatic carbocycles. The molecule has 10 heteroatoms. The first-order valence-corrected chi connectivity index (χ1v) is 17.7. The first-order chi connectivity index (χ1) is 21.8. The minimum absolute atomic E-state index is 0.0205. The van der Waals surface area contributed by atoms with E-state index in [1.54, 1.807) is 6.92 Å². The molecule has 1 saturated heterocycles. The van der Waals surface area contributed by atoms with Crippen molar-refractivity contribution in [3.05, 3.63) is 11.6 Å². The smallest absolute Gasteiger partial charge is 0.310 e. The second-order valence-corrected chi connectivity index (χ2v) is 17.7. The van der Waals surface area contributed by atoms with Crippen LogP contribution in [-0.4, -0.2) is 75.6 Å². The molecule has 13 atom stereocenters. The normalized spacial score (nSPS) is 50.4. The minimum Gasteiger partial charge on any atom is -0.481 e. The molecule has 0 aromatic rings. The van der Waals surface area contributed by atoms with Crippen molar-refractivity contribution in [1.82, 2.24) is 0 Å². The Hall–Kier alpha value is -2.01. The van der Waals surface area contributed by atoms with Crippen molar-refractivity contribution in [2.24, 2.45) is 50.2 Å². The van der Waals surface area contributed by atoms with Crippen molar-refractivity contribution in [3.8, 4) is 0 Å². The van der Waals surface area contributed by atoms with Crippen LogP contribution < -0.4 is 0 Å². The summed E-state index contributed by atoms with van der Waals surface area (Å²) in [4.78, 5) is 37.0. The zero-order valence-corrected chi connectivity index (χ0v) is 29.2. The molecule has 47 heavy (non-hydrogen) atoms. The predicted octanol–water partition coefficient (Wildman–Crippen LogP) is 5.33. The maximum absolute atomic E-state index is 13.0. The molecule has 1 aliphatic heterocycles. The number of aliphatic carboxylic acids is 2. The minimum atomic E-state index is -1.31. The molecule has 10 nitrogen and oxygen atoms in total. The van der Waals surface area contributed by atoms with E-state index in [1.165, 1.54) is 12.5 Å². The van der Waals surface area contributed by atoms with E-state index >= 15 is 0 Å². The highest BCUT2D eigenvalue weighted by Gasteiger charge is 2.70. The number of esters is 1. The fourth-order valence-corrected chi connectivity index (χ4v) is 12.3. The van der Waals surface area contributed by atoms with Crippen LogP contribution in [0.5, 0.6) is 0 Å². The molecule has 13 unspecified atom stereocenters. The zero-order valence-electron chi connectivity index (χ0n) is 29.2. The topological polar surface area (TPSA) is 160 Å². The number of allylic oxidation sites excluding steroid dienone is 2. The number of carbonyl (C=O) groups excluding carboxylic acids is 1. The summed E-state index contributed by atoms with van der Waals surface area (Å²) >= 11 is 0. The Bertz CT molecular complexity index is 1340. The Balaban J connectivity index is 1.28. The first kappa shape index (κ1) is 34.8. The molecule has 0 radical (unpaired) electrons. The SMILES string of the molecule is CC(=O)OC1C(O)COC(OC2CCC3(C)C(CCC4(C)C3CC=C3C5CC(C)(C(=O)O)CCC5(C(=O)O)CCC34C)C2(C)C)C1O. The fourth-order valence-electron chi connectivity index (χ4n) is 12.3. The first-order valence-electron chi connectivity index (χ1n) is 17.7. The van der Waals surface area contributed by atoms with Gasteiger partial charge in [0, 0.05) is 6.92 Å². The van der Waals surface area contributed by atoms with Gasteiger partial charge < -0.3 is 34.6 Å². The predicted molar refractivity (Wildman–Crippen MR) is 171 cm³/mol. The van der Waals surface area contributed by atoms with E-state index in [1.807, 2.05) is 0 Å². The van der Waals surface area contributed by atoms with Crippen molar-refractivity contribution in [1.29, 1.82) is 0 Å². The van der Waals surface area contributed by atoms with Gasteiger partial charge in [-0.1, -0.05) is 46.3 Å². The lowest BCUT2D eigenvalue weighted by Crippen LogP contribution is -2.66. The number of carboxylic acid groups (broad SMARTS) is 2. The molecule has 0 aromatic heterocycles. The van der Waals surface area contributed by atoms with Gasteiger partial charge in [0.05, 0.1) is 23.5 Å². The molecule has 6 aliphatic rings. The summed E-state index contributed by atoms with van der Waals surface area (Å²) in [5.41, 5.74) is -1.24. The van der Waals surface area contributed by atoms with Crippen LogP contribution in [0, 0.1) is 50.2 Å². The van der Waals surface area contributed by atoms with Crippen LogP contribution in [0.2, 0.25) is 0 Å². The lowest BCUT2D eigenvalue weighted by atomic mass is 9.33. The average molecular weight is 661 g/mol. The van der Waals surface area contributed by atoms with Gasteiger partial charge in [0.2, 0.25) is 0 Å². The highest BCUT2D eigenvalue weighted by Crippen LogP contribution is 2.76. The highest BCUT2D eigenvalue weighted by molar-refractivity contribution is 5.79. The van der Waals surface area contributed by atoms with Crippen LogP contribution in [0.1, 0.15) is 113 Å². The van der Waals surface area contributed by atoms with Gasteiger partial charge in [-0.25, -0.2) is 0 Å². The molecule has 5 fully saturated rings. The molecule has 264 valence electrons. The van der Waals surface area contributed by atoms with E-state index in [4.69, 9.17) is 14.2 Å². The second-order valence-electron chi connectivity index (χ2n) is 17.7. The van der Waals surface area contributed by atoms with Crippen LogP contribution >= 0.6 is 0 Å². The van der Waals surface area contributed by atoms with Crippen LogP contribution in [0.4, 0.5) is 0 Å². The third-order valence-electron chi connectivity index (χ3n) is 15.3. The van der Waals surface area contributed by atoms with Gasteiger partial charge >= 0.3 is 17.9 Å². The van der Waals surface area contributed by atoms with E-state index in [0.717, 1.165) is 38.5 Å². The molecule has 0 bridgehead atoms. The number of ether oxygens (including phenoxy) is 3. The van der Waals surface area contributed by atoms with Crippen molar-refractivity contribution in [3.63, 3.8) is 0 Å². The summed E-state index contributed by atoms with van der Waals surface area (Å²) in [6.45, 7) is 14.7. The van der Waals surface area contributed by atoms with Gasteiger partial charge in [-0.15, -0.1) is 0 Å². The molecular formula is C37H56O10. The monoisotopic (exact) mass is 660 g/mol. The Kier molecular flexibility index (Phi) is 8.34. The molecule has 0 aromatic carbocycles. The van der Waals surface area contributed by atoms with E-state index in [0.29, 0.717) is 37.5 Å². The number of aliphatic hydroxyl groups is 2. The van der Waals surface area contributed by atoms with Gasteiger partial charge in [-0.05, 0) is 111 Å². The number of fused-ring (bicyclic) bond motifs is 7. The number of aliphatic hydroxyl groups excluding tert-OH is 2. The molecule has 6 rings (SSSR count). The van der Waals surface area contributed by atoms with Gasteiger partial charge in [-0.3, -0.25) is 14.4 Å². The zero-order chi connectivity index (χ0) is 34.5. The third kappa shape index (κ3) is 4.89.